The van der Waals surface area contributed by atoms with Crippen LogP contribution >= 0.6 is 11.8 Å². The molecule has 2 atom stereocenters. The van der Waals surface area contributed by atoms with E-state index in [1.807, 2.05) is 30.3 Å². The standard InChI is InChI=1S/C21H24F2N2OS/c22-18-9-8-17(13-19(18)23)27-20(16-6-2-1-3-7-16)21(26)25-12-10-15-5-4-11-24-14-15/h1-3,6-9,13,15,20,24H,4-5,10-12,14H2,(H,25,26). The first-order valence-corrected chi connectivity index (χ1v) is 10.2. The molecule has 0 radical (unpaired) electrons. The van der Waals surface area contributed by atoms with Crippen molar-refractivity contribution in [1.82, 2.24) is 10.6 Å². The molecule has 0 spiro atoms. The number of benzene rings is 2. The van der Waals surface area contributed by atoms with Crippen molar-refractivity contribution in [2.24, 2.45) is 5.92 Å². The normalized spacial score (nSPS) is 18.1. The Hall–Kier alpha value is -1.92. The molecule has 6 heteroatoms. The number of carbonyl (C=O) groups is 1. The molecule has 2 unspecified atom stereocenters. The SMILES string of the molecule is O=C(NCCC1CCCNC1)C(Sc1ccc(F)c(F)c1)c1ccccc1. The number of halogens is 2. The number of rotatable bonds is 7. The lowest BCUT2D eigenvalue weighted by Gasteiger charge is -2.23. The average molecular weight is 390 g/mol. The lowest BCUT2D eigenvalue weighted by atomic mass is 9.96. The Morgan fingerprint density at radius 2 is 2.00 bits per heavy atom. The van der Waals surface area contributed by atoms with Crippen LogP contribution < -0.4 is 10.6 Å². The number of amides is 1. The third kappa shape index (κ3) is 5.78. The summed E-state index contributed by atoms with van der Waals surface area (Å²) >= 11 is 1.23. The predicted octanol–water partition coefficient (Wildman–Crippen LogP) is 4.30. The second-order valence-corrected chi connectivity index (χ2v) is 7.96. The second kappa shape index (κ2) is 9.85. The topological polar surface area (TPSA) is 41.1 Å². The Morgan fingerprint density at radius 1 is 1.19 bits per heavy atom. The van der Waals surface area contributed by atoms with E-state index >= 15 is 0 Å². The highest BCUT2D eigenvalue weighted by Gasteiger charge is 2.23. The Balaban J connectivity index is 1.65. The summed E-state index contributed by atoms with van der Waals surface area (Å²) in [7, 11) is 0. The van der Waals surface area contributed by atoms with E-state index in [0.29, 0.717) is 17.4 Å². The number of carbonyl (C=O) groups excluding carboxylic acids is 1. The minimum absolute atomic E-state index is 0.111. The van der Waals surface area contributed by atoms with E-state index < -0.39 is 16.9 Å². The van der Waals surface area contributed by atoms with Crippen LogP contribution in [-0.4, -0.2) is 25.5 Å². The van der Waals surface area contributed by atoms with Gasteiger partial charge in [0.1, 0.15) is 5.25 Å². The summed E-state index contributed by atoms with van der Waals surface area (Å²) in [6.45, 7) is 2.69. The second-order valence-electron chi connectivity index (χ2n) is 6.78. The fourth-order valence-corrected chi connectivity index (χ4v) is 4.32. The average Bonchev–Trinajstić information content (AvgIpc) is 2.70. The first-order chi connectivity index (χ1) is 13.1. The highest BCUT2D eigenvalue weighted by Crippen LogP contribution is 2.36. The summed E-state index contributed by atoms with van der Waals surface area (Å²) in [5.41, 5.74) is 0.837. The van der Waals surface area contributed by atoms with Gasteiger partial charge in [-0.25, -0.2) is 8.78 Å². The molecule has 1 saturated heterocycles. The van der Waals surface area contributed by atoms with E-state index in [9.17, 15) is 13.6 Å². The van der Waals surface area contributed by atoms with Crippen molar-refractivity contribution in [3.63, 3.8) is 0 Å². The van der Waals surface area contributed by atoms with Gasteiger partial charge >= 0.3 is 0 Å². The number of thioether (sulfide) groups is 1. The molecule has 27 heavy (non-hydrogen) atoms. The van der Waals surface area contributed by atoms with Crippen LogP contribution in [0.25, 0.3) is 0 Å². The Labute approximate surface area is 162 Å². The molecule has 0 saturated carbocycles. The van der Waals surface area contributed by atoms with Gasteiger partial charge in [-0.05, 0) is 62.0 Å². The van der Waals surface area contributed by atoms with E-state index in [2.05, 4.69) is 10.6 Å². The molecule has 2 aromatic carbocycles. The van der Waals surface area contributed by atoms with Crippen LogP contribution in [0.15, 0.2) is 53.4 Å². The Morgan fingerprint density at radius 3 is 2.70 bits per heavy atom. The highest BCUT2D eigenvalue weighted by molar-refractivity contribution is 8.00. The van der Waals surface area contributed by atoms with E-state index in [4.69, 9.17) is 0 Å². The van der Waals surface area contributed by atoms with Gasteiger partial charge in [-0.3, -0.25) is 4.79 Å². The molecule has 2 N–H and O–H groups in total. The van der Waals surface area contributed by atoms with Gasteiger partial charge in [-0.2, -0.15) is 0 Å². The van der Waals surface area contributed by atoms with Crippen molar-refractivity contribution in [1.29, 1.82) is 0 Å². The molecule has 2 aromatic rings. The summed E-state index contributed by atoms with van der Waals surface area (Å²) in [4.78, 5) is 13.3. The van der Waals surface area contributed by atoms with Crippen molar-refractivity contribution in [2.75, 3.05) is 19.6 Å². The highest BCUT2D eigenvalue weighted by atomic mass is 32.2. The van der Waals surface area contributed by atoms with Gasteiger partial charge in [-0.1, -0.05) is 30.3 Å². The Bertz CT molecular complexity index is 751. The zero-order valence-electron chi connectivity index (χ0n) is 15.1. The van der Waals surface area contributed by atoms with Gasteiger partial charge in [-0.15, -0.1) is 11.8 Å². The number of piperidine rings is 1. The lowest BCUT2D eigenvalue weighted by Crippen LogP contribution is -2.34. The minimum atomic E-state index is -0.906. The molecule has 1 fully saturated rings. The fraction of sp³-hybridized carbons (Fsp3) is 0.381. The monoisotopic (exact) mass is 390 g/mol. The van der Waals surface area contributed by atoms with Crippen LogP contribution in [0.1, 0.15) is 30.1 Å². The maximum atomic E-state index is 13.5. The minimum Gasteiger partial charge on any atom is -0.355 e. The largest absolute Gasteiger partial charge is 0.355 e. The molecular weight excluding hydrogens is 366 g/mol. The van der Waals surface area contributed by atoms with Crippen molar-refractivity contribution < 1.29 is 13.6 Å². The summed E-state index contributed by atoms with van der Waals surface area (Å²) in [5.74, 6) is -1.31. The third-order valence-electron chi connectivity index (χ3n) is 4.74. The Kier molecular flexibility index (Phi) is 7.24. The van der Waals surface area contributed by atoms with E-state index in [1.165, 1.54) is 30.7 Å². The predicted molar refractivity (Wildman–Crippen MR) is 105 cm³/mol. The van der Waals surface area contributed by atoms with Gasteiger partial charge in [0.2, 0.25) is 5.91 Å². The smallest absolute Gasteiger partial charge is 0.237 e. The summed E-state index contributed by atoms with van der Waals surface area (Å²) in [6, 6.07) is 13.1. The van der Waals surface area contributed by atoms with Crippen LogP contribution in [0.3, 0.4) is 0 Å². The molecule has 0 bridgehead atoms. The van der Waals surface area contributed by atoms with Crippen LogP contribution in [-0.2, 0) is 4.79 Å². The number of hydrogen-bond donors (Lipinski definition) is 2. The summed E-state index contributed by atoms with van der Waals surface area (Å²) in [6.07, 6.45) is 3.31. The molecule has 144 valence electrons. The van der Waals surface area contributed by atoms with E-state index in [0.717, 1.165) is 37.2 Å². The fourth-order valence-electron chi connectivity index (χ4n) is 3.25. The van der Waals surface area contributed by atoms with E-state index in [-0.39, 0.29) is 5.91 Å². The molecule has 1 aliphatic heterocycles. The molecule has 3 nitrogen and oxygen atoms in total. The molecule has 0 aliphatic carbocycles. The first-order valence-electron chi connectivity index (χ1n) is 9.28. The zero-order chi connectivity index (χ0) is 19.1. The molecular formula is C21H24F2N2OS. The van der Waals surface area contributed by atoms with Gasteiger partial charge in [0.15, 0.2) is 11.6 Å². The van der Waals surface area contributed by atoms with Gasteiger partial charge in [0.25, 0.3) is 0 Å². The van der Waals surface area contributed by atoms with Crippen molar-refractivity contribution in [3.8, 4) is 0 Å². The molecule has 1 amide bonds. The molecule has 1 aliphatic rings. The quantitative estimate of drug-likeness (QED) is 0.693. The van der Waals surface area contributed by atoms with Gasteiger partial charge in [0.05, 0.1) is 0 Å². The van der Waals surface area contributed by atoms with Crippen LogP contribution in [0.4, 0.5) is 8.78 Å². The maximum Gasteiger partial charge on any atom is 0.237 e. The number of nitrogens with one attached hydrogen (secondary N) is 2. The zero-order valence-corrected chi connectivity index (χ0v) is 15.9. The maximum absolute atomic E-state index is 13.5. The van der Waals surface area contributed by atoms with Gasteiger partial charge in [0, 0.05) is 11.4 Å². The van der Waals surface area contributed by atoms with Gasteiger partial charge < -0.3 is 10.6 Å². The van der Waals surface area contributed by atoms with Crippen LogP contribution in [0, 0.1) is 17.6 Å². The third-order valence-corrected chi connectivity index (χ3v) is 5.98. The molecule has 3 rings (SSSR count). The van der Waals surface area contributed by atoms with Crippen LogP contribution in [0.5, 0.6) is 0 Å². The summed E-state index contributed by atoms with van der Waals surface area (Å²) < 4.78 is 26.7. The number of hydrogen-bond acceptors (Lipinski definition) is 3. The van der Waals surface area contributed by atoms with E-state index in [1.54, 1.807) is 0 Å². The summed E-state index contributed by atoms with van der Waals surface area (Å²) in [5, 5.41) is 5.89. The lowest BCUT2D eigenvalue weighted by molar-refractivity contribution is -0.120. The van der Waals surface area contributed by atoms with Crippen molar-refractivity contribution in [3.05, 3.63) is 65.7 Å². The first kappa shape index (κ1) is 19.8. The van der Waals surface area contributed by atoms with Crippen LogP contribution in [0.2, 0.25) is 0 Å². The molecule has 0 aromatic heterocycles. The van der Waals surface area contributed by atoms with Crippen molar-refractivity contribution >= 4 is 17.7 Å². The van der Waals surface area contributed by atoms with Crippen molar-refractivity contribution in [2.45, 2.75) is 29.4 Å². The molecule has 1 heterocycles.